The predicted molar refractivity (Wildman–Crippen MR) is 96.6 cm³/mol. The van der Waals surface area contributed by atoms with Crippen molar-refractivity contribution in [2.45, 2.75) is 50.7 Å². The molecule has 0 saturated carbocycles. The van der Waals surface area contributed by atoms with Gasteiger partial charge in [-0.25, -0.2) is 8.78 Å². The Morgan fingerprint density at radius 3 is 2.27 bits per heavy atom. The molecular weight excluding hydrogens is 332 g/mol. The van der Waals surface area contributed by atoms with Crippen LogP contribution in [0.2, 0.25) is 0 Å². The Morgan fingerprint density at radius 1 is 0.923 bits per heavy atom. The Bertz CT molecular complexity index is 778. The summed E-state index contributed by atoms with van der Waals surface area (Å²) in [6.07, 6.45) is 4.25. The van der Waals surface area contributed by atoms with Gasteiger partial charge in [-0.2, -0.15) is 0 Å². The lowest BCUT2D eigenvalue weighted by Crippen LogP contribution is -2.44. The maximum absolute atomic E-state index is 13.4. The number of Topliss-reactive ketones (excluding diaryl/α,β-unsaturated/α-hetero) is 1. The Morgan fingerprint density at radius 2 is 1.62 bits per heavy atom. The third kappa shape index (κ3) is 3.56. The number of piperidine rings is 1. The highest BCUT2D eigenvalue weighted by Crippen LogP contribution is 2.40. The van der Waals surface area contributed by atoms with E-state index in [1.165, 1.54) is 11.6 Å². The molecule has 26 heavy (non-hydrogen) atoms. The fraction of sp³-hybridized carbons (Fsp3) is 0.409. The van der Waals surface area contributed by atoms with Gasteiger partial charge >= 0.3 is 0 Å². The van der Waals surface area contributed by atoms with Crippen LogP contribution in [-0.4, -0.2) is 22.8 Å². The van der Waals surface area contributed by atoms with E-state index in [0.717, 1.165) is 44.4 Å². The van der Waals surface area contributed by atoms with Crippen LogP contribution in [0.15, 0.2) is 48.5 Å². The molecule has 4 heteroatoms. The lowest BCUT2D eigenvalue weighted by Gasteiger charge is -2.38. The lowest BCUT2D eigenvalue weighted by molar-refractivity contribution is -0.124. The number of hydrogen-bond acceptors (Lipinski definition) is 2. The van der Waals surface area contributed by atoms with Gasteiger partial charge in [0.05, 0.1) is 0 Å². The Hall–Kier alpha value is -2.07. The van der Waals surface area contributed by atoms with Crippen molar-refractivity contribution in [1.82, 2.24) is 4.90 Å². The number of nitrogens with zero attached hydrogens (tertiary/aromatic N) is 1. The van der Waals surface area contributed by atoms with E-state index in [1.807, 2.05) is 6.07 Å². The van der Waals surface area contributed by atoms with Crippen molar-refractivity contribution in [1.29, 1.82) is 0 Å². The quantitative estimate of drug-likeness (QED) is 0.786. The molecule has 0 spiro atoms. The molecule has 0 aromatic heterocycles. The van der Waals surface area contributed by atoms with Crippen molar-refractivity contribution in [2.75, 3.05) is 0 Å². The van der Waals surface area contributed by atoms with Gasteiger partial charge in [-0.05, 0) is 48.9 Å². The minimum atomic E-state index is -0.881. The zero-order valence-corrected chi connectivity index (χ0v) is 14.7. The van der Waals surface area contributed by atoms with Crippen molar-refractivity contribution in [3.05, 3.63) is 71.3 Å². The maximum atomic E-state index is 13.4. The van der Waals surface area contributed by atoms with E-state index in [4.69, 9.17) is 0 Å². The molecule has 2 nitrogen and oxygen atoms in total. The fourth-order valence-corrected chi connectivity index (χ4v) is 4.58. The summed E-state index contributed by atoms with van der Waals surface area (Å²) in [5.41, 5.74) is 1.88. The molecule has 2 unspecified atom stereocenters. The zero-order chi connectivity index (χ0) is 18.1. The second-order valence-electron chi connectivity index (χ2n) is 7.60. The molecule has 0 amide bonds. The summed E-state index contributed by atoms with van der Waals surface area (Å²) >= 11 is 0. The number of ketones is 1. The molecule has 2 aliphatic heterocycles. The molecule has 2 heterocycles. The highest BCUT2D eigenvalue weighted by atomic mass is 19.2. The number of hydrogen-bond donors (Lipinski definition) is 0. The molecule has 2 atom stereocenters. The number of halogens is 2. The molecule has 0 N–H and O–H groups in total. The summed E-state index contributed by atoms with van der Waals surface area (Å²) in [5.74, 6) is -1.55. The van der Waals surface area contributed by atoms with Gasteiger partial charge in [-0.1, -0.05) is 36.4 Å². The number of rotatable bonds is 5. The Balaban J connectivity index is 1.40. The van der Waals surface area contributed by atoms with Gasteiger partial charge in [0.15, 0.2) is 11.6 Å². The first-order valence-electron chi connectivity index (χ1n) is 9.36. The third-order valence-corrected chi connectivity index (χ3v) is 5.91. The summed E-state index contributed by atoms with van der Waals surface area (Å²) in [5, 5.41) is 0. The van der Waals surface area contributed by atoms with Crippen LogP contribution in [0.1, 0.15) is 36.8 Å². The van der Waals surface area contributed by atoms with Crippen molar-refractivity contribution >= 4 is 5.78 Å². The lowest BCUT2D eigenvalue weighted by atomic mass is 9.85. The number of benzene rings is 2. The van der Waals surface area contributed by atoms with Crippen LogP contribution in [0.25, 0.3) is 0 Å². The Kier molecular flexibility index (Phi) is 4.86. The molecule has 2 bridgehead atoms. The summed E-state index contributed by atoms with van der Waals surface area (Å²) in [6, 6.07) is 15.1. The van der Waals surface area contributed by atoms with E-state index in [1.54, 1.807) is 0 Å². The van der Waals surface area contributed by atoms with Crippen LogP contribution in [0.5, 0.6) is 0 Å². The van der Waals surface area contributed by atoms with Crippen LogP contribution in [-0.2, 0) is 17.8 Å². The maximum Gasteiger partial charge on any atom is 0.159 e. The summed E-state index contributed by atoms with van der Waals surface area (Å²) in [4.78, 5) is 15.3. The highest BCUT2D eigenvalue weighted by Gasteiger charge is 2.42. The summed E-state index contributed by atoms with van der Waals surface area (Å²) < 4.78 is 26.4. The van der Waals surface area contributed by atoms with Gasteiger partial charge in [-0.15, -0.1) is 0 Å². The van der Waals surface area contributed by atoms with Gasteiger partial charge in [0, 0.05) is 31.0 Å². The van der Waals surface area contributed by atoms with E-state index in [0.29, 0.717) is 17.6 Å². The second kappa shape index (κ2) is 7.28. The van der Waals surface area contributed by atoms with Crippen LogP contribution in [0.3, 0.4) is 0 Å². The smallest absolute Gasteiger partial charge is 0.159 e. The van der Waals surface area contributed by atoms with Crippen LogP contribution in [0.4, 0.5) is 8.78 Å². The van der Waals surface area contributed by atoms with Crippen molar-refractivity contribution in [3.8, 4) is 0 Å². The molecule has 4 rings (SSSR count). The molecular formula is C22H23F2NO. The monoisotopic (exact) mass is 355 g/mol. The predicted octanol–water partition coefficient (Wildman–Crippen LogP) is 4.52. The molecule has 2 fully saturated rings. The SMILES string of the molecule is O=C(Cc1ccc(F)c(F)c1)C1CC2CCC(C1)N2Cc1ccccc1. The number of carbonyl (C=O) groups is 1. The summed E-state index contributed by atoms with van der Waals surface area (Å²) in [6.45, 7) is 0.945. The first kappa shape index (κ1) is 17.3. The van der Waals surface area contributed by atoms with E-state index >= 15 is 0 Å². The van der Waals surface area contributed by atoms with Gasteiger partial charge in [-0.3, -0.25) is 9.69 Å². The van der Waals surface area contributed by atoms with Gasteiger partial charge in [0.1, 0.15) is 5.78 Å². The second-order valence-corrected chi connectivity index (χ2v) is 7.60. The third-order valence-electron chi connectivity index (χ3n) is 5.91. The van der Waals surface area contributed by atoms with Gasteiger partial charge in [0.25, 0.3) is 0 Å². The molecule has 0 radical (unpaired) electrons. The molecule has 2 aromatic carbocycles. The molecule has 0 aliphatic carbocycles. The minimum absolute atomic E-state index is 0.0348. The van der Waals surface area contributed by atoms with Crippen LogP contribution < -0.4 is 0 Å². The van der Waals surface area contributed by atoms with Gasteiger partial charge < -0.3 is 0 Å². The Labute approximate surface area is 152 Å². The van der Waals surface area contributed by atoms with E-state index < -0.39 is 11.6 Å². The zero-order valence-electron chi connectivity index (χ0n) is 14.7. The molecule has 2 saturated heterocycles. The average molecular weight is 355 g/mol. The normalized spacial score (nSPS) is 25.4. The highest BCUT2D eigenvalue weighted by molar-refractivity contribution is 5.83. The van der Waals surface area contributed by atoms with Crippen molar-refractivity contribution in [2.24, 2.45) is 5.92 Å². The van der Waals surface area contributed by atoms with Crippen molar-refractivity contribution < 1.29 is 13.6 Å². The number of fused-ring (bicyclic) bond motifs is 2. The largest absolute Gasteiger partial charge is 0.299 e. The first-order valence-corrected chi connectivity index (χ1v) is 9.36. The molecule has 136 valence electrons. The van der Waals surface area contributed by atoms with Crippen LogP contribution >= 0.6 is 0 Å². The van der Waals surface area contributed by atoms with E-state index in [-0.39, 0.29) is 18.1 Å². The molecule has 2 aromatic rings. The number of carbonyl (C=O) groups excluding carboxylic acids is 1. The van der Waals surface area contributed by atoms with E-state index in [2.05, 4.69) is 29.2 Å². The van der Waals surface area contributed by atoms with Crippen LogP contribution in [0, 0.1) is 17.6 Å². The van der Waals surface area contributed by atoms with E-state index in [9.17, 15) is 13.6 Å². The van der Waals surface area contributed by atoms with Crippen molar-refractivity contribution in [3.63, 3.8) is 0 Å². The fourth-order valence-electron chi connectivity index (χ4n) is 4.58. The standard InChI is InChI=1S/C22H23F2NO/c23-20-9-6-16(10-21(20)24)11-22(26)17-12-18-7-8-19(13-17)25(18)14-15-4-2-1-3-5-15/h1-6,9-10,17-19H,7-8,11-14H2. The topological polar surface area (TPSA) is 20.3 Å². The molecule has 2 aliphatic rings. The summed E-state index contributed by atoms with van der Waals surface area (Å²) in [7, 11) is 0. The first-order chi connectivity index (χ1) is 12.6. The average Bonchev–Trinajstić information content (AvgIpc) is 2.87. The van der Waals surface area contributed by atoms with Gasteiger partial charge in [0.2, 0.25) is 0 Å². The minimum Gasteiger partial charge on any atom is -0.299 e.